The number of pyridine rings is 1. The molecular formula is C18H20N6OS. The highest BCUT2D eigenvalue weighted by atomic mass is 32.1. The van der Waals surface area contributed by atoms with Crippen molar-refractivity contribution in [1.82, 2.24) is 24.4 Å². The normalized spacial score (nSPS) is 17.5. The highest BCUT2D eigenvalue weighted by Gasteiger charge is 2.28. The molecule has 4 heterocycles. The van der Waals surface area contributed by atoms with Gasteiger partial charge in [0.15, 0.2) is 5.13 Å². The molecule has 134 valence electrons. The van der Waals surface area contributed by atoms with Crippen LogP contribution in [0.5, 0.6) is 0 Å². The van der Waals surface area contributed by atoms with Crippen molar-refractivity contribution in [2.24, 2.45) is 7.05 Å². The molecule has 3 aromatic rings. The van der Waals surface area contributed by atoms with E-state index in [9.17, 15) is 4.79 Å². The molecule has 1 saturated heterocycles. The molecular weight excluding hydrogens is 348 g/mol. The minimum absolute atomic E-state index is 0.208. The van der Waals surface area contributed by atoms with Gasteiger partial charge in [0.25, 0.3) is 5.91 Å². The van der Waals surface area contributed by atoms with Gasteiger partial charge in [-0.25, -0.2) is 15.0 Å². The van der Waals surface area contributed by atoms with Crippen LogP contribution in [0.1, 0.15) is 40.9 Å². The zero-order chi connectivity index (χ0) is 17.9. The second-order valence-electron chi connectivity index (χ2n) is 6.32. The van der Waals surface area contributed by atoms with Crippen molar-refractivity contribution in [2.75, 3.05) is 11.9 Å². The van der Waals surface area contributed by atoms with Gasteiger partial charge in [-0.3, -0.25) is 15.0 Å². The van der Waals surface area contributed by atoms with E-state index in [4.69, 9.17) is 0 Å². The number of rotatable bonds is 5. The van der Waals surface area contributed by atoms with Crippen LogP contribution in [0.3, 0.4) is 0 Å². The first-order valence-electron chi connectivity index (χ1n) is 8.59. The zero-order valence-corrected chi connectivity index (χ0v) is 15.3. The van der Waals surface area contributed by atoms with Gasteiger partial charge < -0.3 is 4.57 Å². The quantitative estimate of drug-likeness (QED) is 0.749. The van der Waals surface area contributed by atoms with Crippen molar-refractivity contribution >= 4 is 22.4 Å². The van der Waals surface area contributed by atoms with E-state index in [2.05, 4.69) is 25.2 Å². The number of aryl methyl sites for hydroxylation is 1. The Bertz CT molecular complexity index is 891. The largest absolute Gasteiger partial charge is 0.337 e. The van der Waals surface area contributed by atoms with E-state index in [1.54, 1.807) is 12.3 Å². The van der Waals surface area contributed by atoms with Gasteiger partial charge in [-0.1, -0.05) is 6.07 Å². The number of hydrogen-bond donors (Lipinski definition) is 1. The van der Waals surface area contributed by atoms with E-state index < -0.39 is 0 Å². The molecule has 7 nitrogen and oxygen atoms in total. The number of carbonyl (C=O) groups excluding carboxylic acids is 1. The Hall–Kier alpha value is -2.58. The van der Waals surface area contributed by atoms with Crippen molar-refractivity contribution in [3.05, 3.63) is 59.4 Å². The van der Waals surface area contributed by atoms with E-state index in [0.717, 1.165) is 37.4 Å². The third-order valence-corrected chi connectivity index (χ3v) is 5.32. The van der Waals surface area contributed by atoms with Gasteiger partial charge in [0, 0.05) is 31.0 Å². The third-order valence-electron chi connectivity index (χ3n) is 4.63. The maximum Gasteiger partial charge on any atom is 0.276 e. The van der Waals surface area contributed by atoms with Crippen molar-refractivity contribution in [1.29, 1.82) is 0 Å². The smallest absolute Gasteiger partial charge is 0.276 e. The molecule has 26 heavy (non-hydrogen) atoms. The molecule has 4 rings (SSSR count). The number of nitrogens with zero attached hydrogens (tertiary/aromatic N) is 5. The molecule has 1 fully saturated rings. The van der Waals surface area contributed by atoms with Crippen molar-refractivity contribution < 1.29 is 4.79 Å². The standard InChI is InChI=1S/C18H20N6OS/c1-23-10-7-19-16(23)12-24-9-3-6-15(24)13-4-2-5-14(21-13)17(25)22-18-20-8-11-26-18/h2,4-5,7-8,10-11,15H,3,6,9,12H2,1H3,(H,20,22,25)/t15-/m0/s1. The summed E-state index contributed by atoms with van der Waals surface area (Å²) >= 11 is 1.39. The summed E-state index contributed by atoms with van der Waals surface area (Å²) in [5.41, 5.74) is 1.35. The molecule has 1 N–H and O–H groups in total. The Balaban J connectivity index is 1.51. The van der Waals surface area contributed by atoms with Gasteiger partial charge in [-0.15, -0.1) is 11.3 Å². The SMILES string of the molecule is Cn1ccnc1CN1CCC[C@H]1c1cccc(C(=O)Nc2nccs2)n1. The lowest BCUT2D eigenvalue weighted by Crippen LogP contribution is -2.25. The number of hydrogen-bond acceptors (Lipinski definition) is 6. The van der Waals surface area contributed by atoms with Crippen LogP contribution in [0.4, 0.5) is 5.13 Å². The molecule has 1 amide bonds. The van der Waals surface area contributed by atoms with E-state index >= 15 is 0 Å². The van der Waals surface area contributed by atoms with E-state index in [0.29, 0.717) is 10.8 Å². The molecule has 1 aliphatic heterocycles. The van der Waals surface area contributed by atoms with Gasteiger partial charge in [-0.2, -0.15) is 0 Å². The highest BCUT2D eigenvalue weighted by Crippen LogP contribution is 2.32. The Morgan fingerprint density at radius 2 is 2.27 bits per heavy atom. The van der Waals surface area contributed by atoms with Crippen LogP contribution in [-0.4, -0.2) is 36.9 Å². The monoisotopic (exact) mass is 368 g/mol. The summed E-state index contributed by atoms with van der Waals surface area (Å²) in [6.45, 7) is 1.79. The Morgan fingerprint density at radius 1 is 1.35 bits per heavy atom. The molecule has 0 saturated carbocycles. The first-order valence-corrected chi connectivity index (χ1v) is 9.47. The Kier molecular flexibility index (Phi) is 4.77. The molecule has 1 aliphatic rings. The van der Waals surface area contributed by atoms with Gasteiger partial charge in [0.1, 0.15) is 11.5 Å². The molecule has 3 aromatic heterocycles. The zero-order valence-electron chi connectivity index (χ0n) is 14.5. The maximum atomic E-state index is 12.4. The van der Waals surface area contributed by atoms with Crippen LogP contribution in [0.25, 0.3) is 0 Å². The fourth-order valence-corrected chi connectivity index (χ4v) is 3.81. The molecule has 0 spiro atoms. The van der Waals surface area contributed by atoms with Crippen molar-refractivity contribution in [3.8, 4) is 0 Å². The number of amides is 1. The van der Waals surface area contributed by atoms with Gasteiger partial charge in [-0.05, 0) is 31.5 Å². The number of carbonyl (C=O) groups is 1. The average molecular weight is 368 g/mol. The van der Waals surface area contributed by atoms with Crippen molar-refractivity contribution in [2.45, 2.75) is 25.4 Å². The van der Waals surface area contributed by atoms with Gasteiger partial charge in [0.05, 0.1) is 18.3 Å². The Morgan fingerprint density at radius 3 is 3.04 bits per heavy atom. The molecule has 0 aromatic carbocycles. The summed E-state index contributed by atoms with van der Waals surface area (Å²) in [7, 11) is 2.01. The second-order valence-corrected chi connectivity index (χ2v) is 7.22. The topological polar surface area (TPSA) is 75.9 Å². The van der Waals surface area contributed by atoms with Crippen LogP contribution in [0, 0.1) is 0 Å². The van der Waals surface area contributed by atoms with Crippen LogP contribution in [-0.2, 0) is 13.6 Å². The lowest BCUT2D eigenvalue weighted by molar-refractivity contribution is 0.102. The predicted octanol–water partition coefficient (Wildman–Crippen LogP) is 2.86. The summed E-state index contributed by atoms with van der Waals surface area (Å²) in [6.07, 6.45) is 7.60. The van der Waals surface area contributed by atoms with Crippen LogP contribution >= 0.6 is 11.3 Å². The van der Waals surface area contributed by atoms with Gasteiger partial charge >= 0.3 is 0 Å². The van der Waals surface area contributed by atoms with Gasteiger partial charge in [0.2, 0.25) is 0 Å². The predicted molar refractivity (Wildman–Crippen MR) is 99.9 cm³/mol. The molecule has 0 aliphatic carbocycles. The number of nitrogens with one attached hydrogen (secondary N) is 1. The van der Waals surface area contributed by atoms with E-state index in [1.807, 2.05) is 41.5 Å². The third kappa shape index (κ3) is 3.51. The maximum absolute atomic E-state index is 12.4. The molecule has 0 bridgehead atoms. The lowest BCUT2D eigenvalue weighted by Gasteiger charge is -2.24. The minimum Gasteiger partial charge on any atom is -0.337 e. The first kappa shape index (κ1) is 16.9. The number of imidazole rings is 1. The summed E-state index contributed by atoms with van der Waals surface area (Å²) in [4.78, 5) is 28.0. The average Bonchev–Trinajstić information content (AvgIpc) is 3.39. The summed E-state index contributed by atoms with van der Waals surface area (Å²) in [5.74, 6) is 0.810. The Labute approximate surface area is 155 Å². The summed E-state index contributed by atoms with van der Waals surface area (Å²) < 4.78 is 2.04. The van der Waals surface area contributed by atoms with Crippen LogP contribution in [0.2, 0.25) is 0 Å². The summed E-state index contributed by atoms with van der Waals surface area (Å²) in [6, 6.07) is 5.85. The lowest BCUT2D eigenvalue weighted by atomic mass is 10.1. The molecule has 0 unspecified atom stereocenters. The number of thiazole rings is 1. The molecule has 0 radical (unpaired) electrons. The van der Waals surface area contributed by atoms with Crippen molar-refractivity contribution in [3.63, 3.8) is 0 Å². The highest BCUT2D eigenvalue weighted by molar-refractivity contribution is 7.13. The van der Waals surface area contributed by atoms with Crippen LogP contribution in [0.15, 0.2) is 42.2 Å². The number of aromatic nitrogens is 4. The summed E-state index contributed by atoms with van der Waals surface area (Å²) in [5, 5.41) is 5.20. The molecule has 1 atom stereocenters. The number of anilines is 1. The fraction of sp³-hybridized carbons (Fsp3) is 0.333. The molecule has 8 heteroatoms. The second kappa shape index (κ2) is 7.35. The minimum atomic E-state index is -0.226. The number of likely N-dealkylation sites (tertiary alicyclic amines) is 1. The fourth-order valence-electron chi connectivity index (χ4n) is 3.29. The van der Waals surface area contributed by atoms with E-state index in [1.165, 1.54) is 11.3 Å². The van der Waals surface area contributed by atoms with Crippen LogP contribution < -0.4 is 5.32 Å². The first-order chi connectivity index (χ1) is 12.7. The van der Waals surface area contributed by atoms with E-state index in [-0.39, 0.29) is 11.9 Å².